The zero-order valence-corrected chi connectivity index (χ0v) is 18.0. The molecule has 0 atom stereocenters. The zero-order valence-electron chi connectivity index (χ0n) is 18.0. The third kappa shape index (κ3) is 5.34. The number of esters is 1. The van der Waals surface area contributed by atoms with Gasteiger partial charge >= 0.3 is 5.97 Å². The largest absolute Gasteiger partial charge is 0.505 e. The maximum absolute atomic E-state index is 12.2. The number of carbonyl (C=O) groups is 2. The molecule has 1 aliphatic rings. The number of carbonyl (C=O) groups excluding carboxylic acids is 2. The summed E-state index contributed by atoms with van der Waals surface area (Å²) >= 11 is 0. The van der Waals surface area contributed by atoms with Crippen molar-refractivity contribution in [1.29, 1.82) is 0 Å². The van der Waals surface area contributed by atoms with E-state index in [9.17, 15) is 14.7 Å². The van der Waals surface area contributed by atoms with Crippen molar-refractivity contribution in [3.63, 3.8) is 0 Å². The lowest BCUT2D eigenvalue weighted by atomic mass is 10.1. The summed E-state index contributed by atoms with van der Waals surface area (Å²) in [5.41, 5.74) is 2.04. The van der Waals surface area contributed by atoms with Gasteiger partial charge in [0.25, 0.3) is 5.91 Å². The monoisotopic (exact) mass is 436 g/mol. The van der Waals surface area contributed by atoms with E-state index in [1.165, 1.54) is 7.11 Å². The standard InChI is InChI=1S/C24H24N2O6/c1-4-31-24(29)22-15(2)25-19(23(22)28)13-16-9-11-17(12-10-16)32-14-21(27)26-18-7-5-6-8-20(18)30-3/h5-13,28H,4,14H2,1-3H3,(H,26,27)/b19-13-. The van der Waals surface area contributed by atoms with E-state index in [4.69, 9.17) is 14.2 Å². The summed E-state index contributed by atoms with van der Waals surface area (Å²) in [5, 5.41) is 13.1. The Morgan fingerprint density at radius 1 is 1.12 bits per heavy atom. The van der Waals surface area contributed by atoms with Gasteiger partial charge < -0.3 is 24.6 Å². The first-order valence-electron chi connectivity index (χ1n) is 9.96. The second-order valence-electron chi connectivity index (χ2n) is 6.78. The number of rotatable bonds is 8. The number of anilines is 1. The highest BCUT2D eigenvalue weighted by Crippen LogP contribution is 2.27. The van der Waals surface area contributed by atoms with Crippen LogP contribution in [0.15, 0.2) is 70.6 Å². The van der Waals surface area contributed by atoms with E-state index in [0.29, 0.717) is 22.9 Å². The number of nitrogens with one attached hydrogen (secondary N) is 1. The molecule has 1 aliphatic heterocycles. The molecule has 166 valence electrons. The van der Waals surface area contributed by atoms with E-state index in [1.807, 2.05) is 6.07 Å². The van der Waals surface area contributed by atoms with Crippen LogP contribution >= 0.6 is 0 Å². The van der Waals surface area contributed by atoms with Crippen LogP contribution < -0.4 is 14.8 Å². The summed E-state index contributed by atoms with van der Waals surface area (Å²) < 4.78 is 15.7. The molecule has 8 heteroatoms. The number of para-hydroxylation sites is 2. The van der Waals surface area contributed by atoms with Crippen LogP contribution in [0.25, 0.3) is 6.08 Å². The number of ether oxygens (including phenoxy) is 3. The van der Waals surface area contributed by atoms with Crippen LogP contribution in [0.5, 0.6) is 11.5 Å². The molecule has 1 amide bonds. The molecule has 32 heavy (non-hydrogen) atoms. The maximum Gasteiger partial charge on any atom is 0.343 e. The Balaban J connectivity index is 1.62. The Morgan fingerprint density at radius 3 is 2.53 bits per heavy atom. The van der Waals surface area contributed by atoms with Crippen LogP contribution in [0.1, 0.15) is 19.4 Å². The summed E-state index contributed by atoms with van der Waals surface area (Å²) in [6.07, 6.45) is 1.64. The van der Waals surface area contributed by atoms with Crippen LogP contribution in [0.3, 0.4) is 0 Å². The Hall–Kier alpha value is -4.07. The van der Waals surface area contributed by atoms with Crippen LogP contribution in [-0.4, -0.2) is 43.0 Å². The van der Waals surface area contributed by atoms with Gasteiger partial charge in [0.15, 0.2) is 12.4 Å². The summed E-state index contributed by atoms with van der Waals surface area (Å²) in [6.45, 7) is 3.37. The van der Waals surface area contributed by atoms with Gasteiger partial charge in [-0.05, 0) is 49.8 Å². The number of aliphatic imine (C=N–C) groups is 1. The number of amides is 1. The Morgan fingerprint density at radius 2 is 1.84 bits per heavy atom. The fourth-order valence-electron chi connectivity index (χ4n) is 3.04. The van der Waals surface area contributed by atoms with Gasteiger partial charge in [-0.15, -0.1) is 0 Å². The maximum atomic E-state index is 12.2. The number of methoxy groups -OCH3 is 1. The molecule has 0 unspecified atom stereocenters. The number of nitrogens with zero attached hydrogens (tertiary/aromatic N) is 1. The quantitative estimate of drug-likeness (QED) is 0.608. The normalized spacial score (nSPS) is 14.2. The molecule has 0 saturated heterocycles. The summed E-state index contributed by atoms with van der Waals surface area (Å²) in [5.74, 6) is -0.0797. The van der Waals surface area contributed by atoms with E-state index >= 15 is 0 Å². The van der Waals surface area contributed by atoms with Crippen LogP contribution in [0.2, 0.25) is 0 Å². The number of aliphatic hydroxyl groups excluding tert-OH is 1. The predicted molar refractivity (Wildman–Crippen MR) is 121 cm³/mol. The molecule has 3 rings (SSSR count). The smallest absolute Gasteiger partial charge is 0.343 e. The highest BCUT2D eigenvalue weighted by Gasteiger charge is 2.27. The van der Waals surface area contributed by atoms with Gasteiger partial charge in [-0.2, -0.15) is 0 Å². The fraction of sp³-hybridized carbons (Fsp3) is 0.208. The van der Waals surface area contributed by atoms with Crippen LogP contribution in [0.4, 0.5) is 5.69 Å². The van der Waals surface area contributed by atoms with Crippen molar-refractivity contribution >= 4 is 29.4 Å². The minimum Gasteiger partial charge on any atom is -0.505 e. The van der Waals surface area contributed by atoms with Gasteiger partial charge in [0.1, 0.15) is 22.8 Å². The molecular weight excluding hydrogens is 412 g/mol. The number of hydrogen-bond acceptors (Lipinski definition) is 7. The average molecular weight is 436 g/mol. The van der Waals surface area contributed by atoms with E-state index < -0.39 is 5.97 Å². The van der Waals surface area contributed by atoms with Gasteiger partial charge in [0, 0.05) is 0 Å². The molecule has 0 aromatic heterocycles. The van der Waals surface area contributed by atoms with Crippen molar-refractivity contribution in [2.24, 2.45) is 4.99 Å². The lowest BCUT2D eigenvalue weighted by Gasteiger charge is -2.10. The minimum absolute atomic E-state index is 0.0686. The van der Waals surface area contributed by atoms with Crippen molar-refractivity contribution < 1.29 is 28.9 Å². The number of hydrogen-bond donors (Lipinski definition) is 2. The van der Waals surface area contributed by atoms with Crippen LogP contribution in [0, 0.1) is 0 Å². The zero-order chi connectivity index (χ0) is 23.1. The van der Waals surface area contributed by atoms with Crippen molar-refractivity contribution in [2.75, 3.05) is 25.6 Å². The molecule has 0 spiro atoms. The lowest BCUT2D eigenvalue weighted by molar-refractivity contribution is -0.138. The lowest BCUT2D eigenvalue weighted by Crippen LogP contribution is -2.20. The van der Waals surface area contributed by atoms with Gasteiger partial charge in [-0.3, -0.25) is 4.79 Å². The molecule has 2 N–H and O–H groups in total. The van der Waals surface area contributed by atoms with E-state index in [-0.39, 0.29) is 36.2 Å². The second-order valence-corrected chi connectivity index (χ2v) is 6.78. The first-order chi connectivity index (χ1) is 15.4. The molecule has 0 aliphatic carbocycles. The first-order valence-corrected chi connectivity index (χ1v) is 9.96. The van der Waals surface area contributed by atoms with E-state index in [0.717, 1.165) is 5.56 Å². The SMILES string of the molecule is CCOC(=O)C1=C(O)/C(=C/c2ccc(OCC(=O)Nc3ccccc3OC)cc2)N=C1C. The first kappa shape index (κ1) is 22.6. The summed E-state index contributed by atoms with van der Waals surface area (Å²) in [4.78, 5) is 28.4. The molecular formula is C24H24N2O6. The minimum atomic E-state index is -0.607. The van der Waals surface area contributed by atoms with Gasteiger partial charge in [0.2, 0.25) is 0 Å². The third-order valence-electron chi connectivity index (χ3n) is 4.54. The van der Waals surface area contributed by atoms with Crippen molar-refractivity contribution in [2.45, 2.75) is 13.8 Å². The Labute approximate surface area is 185 Å². The van der Waals surface area contributed by atoms with E-state index in [1.54, 1.807) is 62.4 Å². The number of benzene rings is 2. The van der Waals surface area contributed by atoms with Crippen molar-refractivity contribution in [1.82, 2.24) is 0 Å². The molecule has 2 aromatic carbocycles. The number of aliphatic hydroxyl groups is 1. The molecule has 1 heterocycles. The Bertz CT molecular complexity index is 1100. The molecule has 0 bridgehead atoms. The van der Waals surface area contributed by atoms with Gasteiger partial charge in [-0.1, -0.05) is 24.3 Å². The molecule has 0 saturated carbocycles. The van der Waals surface area contributed by atoms with Crippen LogP contribution in [-0.2, 0) is 14.3 Å². The third-order valence-corrected chi connectivity index (χ3v) is 4.54. The molecule has 2 aromatic rings. The predicted octanol–water partition coefficient (Wildman–Crippen LogP) is 3.90. The van der Waals surface area contributed by atoms with Crippen molar-refractivity contribution in [3.05, 3.63) is 71.1 Å². The fourth-order valence-corrected chi connectivity index (χ4v) is 3.04. The summed E-state index contributed by atoms with van der Waals surface area (Å²) in [7, 11) is 1.53. The van der Waals surface area contributed by atoms with Gasteiger partial charge in [0.05, 0.1) is 25.1 Å². The topological polar surface area (TPSA) is 106 Å². The molecule has 0 radical (unpaired) electrons. The average Bonchev–Trinajstić information content (AvgIpc) is 3.06. The van der Waals surface area contributed by atoms with Crippen molar-refractivity contribution in [3.8, 4) is 11.5 Å². The van der Waals surface area contributed by atoms with Gasteiger partial charge in [-0.25, -0.2) is 9.79 Å². The van der Waals surface area contributed by atoms with E-state index in [2.05, 4.69) is 10.3 Å². The second kappa shape index (κ2) is 10.3. The Kier molecular flexibility index (Phi) is 7.28. The molecule has 0 fully saturated rings. The summed E-state index contributed by atoms with van der Waals surface area (Å²) in [6, 6.07) is 14.0. The highest BCUT2D eigenvalue weighted by molar-refractivity contribution is 6.22. The highest BCUT2D eigenvalue weighted by atomic mass is 16.5. The molecule has 8 nitrogen and oxygen atoms in total.